The second-order valence-electron chi connectivity index (χ2n) is 6.22. The summed E-state index contributed by atoms with van der Waals surface area (Å²) in [7, 11) is 4.69. The first-order valence-corrected chi connectivity index (χ1v) is 8.77. The molecule has 0 aliphatic heterocycles. The van der Waals surface area contributed by atoms with E-state index in [2.05, 4.69) is 5.32 Å². The molecule has 1 aliphatic carbocycles. The molecule has 2 unspecified atom stereocenters. The first-order chi connectivity index (χ1) is 12.6. The van der Waals surface area contributed by atoms with Crippen LogP contribution in [0.3, 0.4) is 0 Å². The summed E-state index contributed by atoms with van der Waals surface area (Å²) >= 11 is 6.23. The lowest BCUT2D eigenvalue weighted by Gasteiger charge is -2.14. The van der Waals surface area contributed by atoms with Gasteiger partial charge in [0.25, 0.3) is 0 Å². The maximum atomic E-state index is 12.5. The number of amides is 1. The fraction of sp³-hybridized carbons (Fsp3) is 0.350. The Morgan fingerprint density at radius 1 is 1.12 bits per heavy atom. The maximum absolute atomic E-state index is 12.5. The van der Waals surface area contributed by atoms with Gasteiger partial charge in [-0.05, 0) is 41.7 Å². The summed E-state index contributed by atoms with van der Waals surface area (Å²) in [5, 5.41) is 3.71. The standard InChI is InChI=1S/C20H22ClNO4/c1-24-17-8-12(9-18(25-2)19(17)26-3)11-22-20(23)15-10-14(15)13-6-4-5-7-16(13)21/h4-9,14-15H,10-11H2,1-3H3,(H,22,23). The van der Waals surface area contributed by atoms with Crippen LogP contribution in [0.1, 0.15) is 23.5 Å². The molecule has 0 bridgehead atoms. The number of rotatable bonds is 7. The van der Waals surface area contributed by atoms with Gasteiger partial charge >= 0.3 is 0 Å². The van der Waals surface area contributed by atoms with E-state index in [0.29, 0.717) is 23.8 Å². The van der Waals surface area contributed by atoms with E-state index in [4.69, 9.17) is 25.8 Å². The van der Waals surface area contributed by atoms with Crippen LogP contribution in [0.25, 0.3) is 0 Å². The first-order valence-electron chi connectivity index (χ1n) is 8.40. The average Bonchev–Trinajstić information content (AvgIpc) is 3.46. The van der Waals surface area contributed by atoms with E-state index in [9.17, 15) is 4.79 Å². The van der Waals surface area contributed by atoms with E-state index < -0.39 is 0 Å². The number of ether oxygens (including phenoxy) is 3. The van der Waals surface area contributed by atoms with Crippen LogP contribution in [0.15, 0.2) is 36.4 Å². The first kappa shape index (κ1) is 18.4. The Balaban J connectivity index is 1.65. The lowest BCUT2D eigenvalue weighted by Crippen LogP contribution is -2.25. The predicted molar refractivity (Wildman–Crippen MR) is 100 cm³/mol. The van der Waals surface area contributed by atoms with Crippen LogP contribution in [0, 0.1) is 5.92 Å². The maximum Gasteiger partial charge on any atom is 0.224 e. The number of benzene rings is 2. The van der Waals surface area contributed by atoms with E-state index in [-0.39, 0.29) is 17.7 Å². The van der Waals surface area contributed by atoms with Gasteiger partial charge < -0.3 is 19.5 Å². The van der Waals surface area contributed by atoms with Crippen LogP contribution < -0.4 is 19.5 Å². The molecule has 2 aromatic carbocycles. The van der Waals surface area contributed by atoms with E-state index in [1.54, 1.807) is 21.3 Å². The number of methoxy groups -OCH3 is 3. The highest BCUT2D eigenvalue weighted by molar-refractivity contribution is 6.31. The van der Waals surface area contributed by atoms with Gasteiger partial charge in [-0.1, -0.05) is 29.8 Å². The molecule has 1 aliphatic rings. The van der Waals surface area contributed by atoms with Gasteiger partial charge in [-0.25, -0.2) is 0 Å². The third-order valence-corrected chi connectivity index (χ3v) is 4.97. The molecule has 0 saturated heterocycles. The summed E-state index contributed by atoms with van der Waals surface area (Å²) in [6.07, 6.45) is 0.824. The molecular formula is C20H22ClNO4. The molecule has 1 N–H and O–H groups in total. The predicted octanol–water partition coefficient (Wildman–Crippen LogP) is 3.79. The molecule has 5 nitrogen and oxygen atoms in total. The fourth-order valence-electron chi connectivity index (χ4n) is 3.16. The summed E-state index contributed by atoms with van der Waals surface area (Å²) in [5.41, 5.74) is 1.92. The van der Waals surface area contributed by atoms with Crippen molar-refractivity contribution in [3.63, 3.8) is 0 Å². The molecular weight excluding hydrogens is 354 g/mol. The molecule has 1 amide bonds. The fourth-order valence-corrected chi connectivity index (χ4v) is 3.44. The zero-order chi connectivity index (χ0) is 18.7. The van der Waals surface area contributed by atoms with E-state index in [1.165, 1.54) is 0 Å². The second kappa shape index (κ2) is 7.87. The largest absolute Gasteiger partial charge is 0.493 e. The molecule has 26 heavy (non-hydrogen) atoms. The number of carbonyl (C=O) groups is 1. The number of hydrogen-bond donors (Lipinski definition) is 1. The minimum atomic E-state index is -0.0306. The van der Waals surface area contributed by atoms with E-state index >= 15 is 0 Å². The Hall–Kier alpha value is -2.40. The monoisotopic (exact) mass is 375 g/mol. The van der Waals surface area contributed by atoms with Crippen LogP contribution in [0.4, 0.5) is 0 Å². The molecule has 2 aromatic rings. The van der Waals surface area contributed by atoms with E-state index in [0.717, 1.165) is 22.6 Å². The molecule has 1 fully saturated rings. The molecule has 0 heterocycles. The van der Waals surface area contributed by atoms with Crippen molar-refractivity contribution in [3.8, 4) is 17.2 Å². The number of hydrogen-bond acceptors (Lipinski definition) is 4. The van der Waals surface area contributed by atoms with Gasteiger partial charge in [0.15, 0.2) is 11.5 Å². The molecule has 1 saturated carbocycles. The molecule has 2 atom stereocenters. The van der Waals surface area contributed by atoms with Gasteiger partial charge in [0.05, 0.1) is 21.3 Å². The second-order valence-corrected chi connectivity index (χ2v) is 6.63. The summed E-state index contributed by atoms with van der Waals surface area (Å²) in [6, 6.07) is 11.4. The smallest absolute Gasteiger partial charge is 0.224 e. The molecule has 0 spiro atoms. The average molecular weight is 376 g/mol. The van der Waals surface area contributed by atoms with Crippen LogP contribution >= 0.6 is 11.6 Å². The highest BCUT2D eigenvalue weighted by Crippen LogP contribution is 2.49. The Morgan fingerprint density at radius 2 is 1.77 bits per heavy atom. The lowest BCUT2D eigenvalue weighted by molar-refractivity contribution is -0.122. The Bertz CT molecular complexity index is 783. The van der Waals surface area contributed by atoms with Crippen molar-refractivity contribution in [2.24, 2.45) is 5.92 Å². The molecule has 3 rings (SSSR count). The third-order valence-electron chi connectivity index (χ3n) is 4.62. The lowest BCUT2D eigenvalue weighted by atomic mass is 10.1. The highest BCUT2D eigenvalue weighted by Gasteiger charge is 2.44. The topological polar surface area (TPSA) is 56.8 Å². The van der Waals surface area contributed by atoms with Crippen LogP contribution in [0.5, 0.6) is 17.2 Å². The number of nitrogens with one attached hydrogen (secondary N) is 1. The normalized spacial score (nSPS) is 18.2. The Labute approximate surface area is 158 Å². The van der Waals surface area contributed by atoms with E-state index in [1.807, 2.05) is 36.4 Å². The third kappa shape index (κ3) is 3.73. The summed E-state index contributed by atoms with van der Waals surface area (Å²) in [5.74, 6) is 1.86. The van der Waals surface area contributed by atoms with Crippen molar-refractivity contribution in [1.29, 1.82) is 0 Å². The SMILES string of the molecule is COc1cc(CNC(=O)C2CC2c2ccccc2Cl)cc(OC)c1OC. The minimum Gasteiger partial charge on any atom is -0.493 e. The Kier molecular flexibility index (Phi) is 5.57. The van der Waals surface area contributed by atoms with Gasteiger partial charge in [0.2, 0.25) is 11.7 Å². The summed E-state index contributed by atoms with van der Waals surface area (Å²) < 4.78 is 16.0. The Morgan fingerprint density at radius 3 is 2.35 bits per heavy atom. The summed E-state index contributed by atoms with van der Waals surface area (Å²) in [4.78, 5) is 12.5. The zero-order valence-corrected chi connectivity index (χ0v) is 15.8. The molecule has 138 valence electrons. The molecule has 0 radical (unpaired) electrons. The van der Waals surface area contributed by atoms with Crippen molar-refractivity contribution in [1.82, 2.24) is 5.32 Å². The van der Waals surface area contributed by atoms with Gasteiger partial charge in [0.1, 0.15) is 0 Å². The van der Waals surface area contributed by atoms with Crippen LogP contribution in [-0.4, -0.2) is 27.2 Å². The summed E-state index contributed by atoms with van der Waals surface area (Å²) in [6.45, 7) is 0.390. The minimum absolute atomic E-state index is 0.0306. The quantitative estimate of drug-likeness (QED) is 0.800. The number of halogens is 1. The van der Waals surface area contributed by atoms with Crippen LogP contribution in [-0.2, 0) is 11.3 Å². The van der Waals surface area contributed by atoms with Crippen molar-refractivity contribution < 1.29 is 19.0 Å². The van der Waals surface area contributed by atoms with Crippen molar-refractivity contribution >= 4 is 17.5 Å². The zero-order valence-electron chi connectivity index (χ0n) is 15.0. The van der Waals surface area contributed by atoms with Gasteiger partial charge in [-0.15, -0.1) is 0 Å². The molecule has 6 heteroatoms. The van der Waals surface area contributed by atoms with Crippen LogP contribution in [0.2, 0.25) is 5.02 Å². The van der Waals surface area contributed by atoms with Crippen molar-refractivity contribution in [3.05, 3.63) is 52.5 Å². The number of carbonyl (C=O) groups excluding carboxylic acids is 1. The highest BCUT2D eigenvalue weighted by atomic mass is 35.5. The van der Waals surface area contributed by atoms with Crippen molar-refractivity contribution in [2.75, 3.05) is 21.3 Å². The van der Waals surface area contributed by atoms with Crippen molar-refractivity contribution in [2.45, 2.75) is 18.9 Å². The van der Waals surface area contributed by atoms with Gasteiger partial charge in [0, 0.05) is 17.5 Å². The van der Waals surface area contributed by atoms with Gasteiger partial charge in [-0.2, -0.15) is 0 Å². The molecule has 0 aromatic heterocycles. The van der Waals surface area contributed by atoms with Gasteiger partial charge in [-0.3, -0.25) is 4.79 Å².